The third-order valence-electron chi connectivity index (χ3n) is 4.98. The van der Waals surface area contributed by atoms with Crippen molar-refractivity contribution in [2.24, 2.45) is 5.92 Å². The zero-order valence-electron chi connectivity index (χ0n) is 14.1. The van der Waals surface area contributed by atoms with E-state index in [-0.39, 0.29) is 28.7 Å². The van der Waals surface area contributed by atoms with Gasteiger partial charge in [-0.3, -0.25) is 4.79 Å². The van der Waals surface area contributed by atoms with E-state index in [1.54, 1.807) is 0 Å². The van der Waals surface area contributed by atoms with Crippen molar-refractivity contribution in [2.75, 3.05) is 18.1 Å². The molecule has 1 amide bonds. The van der Waals surface area contributed by atoms with Gasteiger partial charge in [0.1, 0.15) is 0 Å². The van der Waals surface area contributed by atoms with Gasteiger partial charge >= 0.3 is 0 Å². The van der Waals surface area contributed by atoms with Crippen LogP contribution in [0.1, 0.15) is 43.9 Å². The molecule has 1 fully saturated rings. The van der Waals surface area contributed by atoms with Crippen LogP contribution < -0.4 is 0 Å². The third-order valence-corrected chi connectivity index (χ3v) is 6.75. The Balaban J connectivity index is 1.78. The van der Waals surface area contributed by atoms with Gasteiger partial charge in [-0.1, -0.05) is 39.0 Å². The largest absolute Gasteiger partial charge is 0.338 e. The fourth-order valence-corrected chi connectivity index (χ4v) is 5.19. The molecule has 0 aromatic heterocycles. The van der Waals surface area contributed by atoms with Crippen LogP contribution in [0.25, 0.3) is 0 Å². The molecule has 126 valence electrons. The standard InChI is InChI=1S/C18H25NO3S/c1-18(2,3)16-5-4-13-6-8-19(11-15(13)10-16)17(20)14-7-9-23(21,22)12-14/h4-5,10,14H,6-9,11-12H2,1-3H3/t14-/m1/s1. The number of amides is 1. The number of hydrogen-bond donors (Lipinski definition) is 0. The molecule has 3 rings (SSSR count). The van der Waals surface area contributed by atoms with E-state index in [0.29, 0.717) is 19.5 Å². The van der Waals surface area contributed by atoms with E-state index < -0.39 is 9.84 Å². The number of benzene rings is 1. The fraction of sp³-hybridized carbons (Fsp3) is 0.611. The van der Waals surface area contributed by atoms with Gasteiger partial charge in [0.2, 0.25) is 5.91 Å². The molecular formula is C18H25NO3S. The minimum absolute atomic E-state index is 0.0119. The highest BCUT2D eigenvalue weighted by atomic mass is 32.2. The van der Waals surface area contributed by atoms with Crippen molar-refractivity contribution in [1.29, 1.82) is 0 Å². The molecule has 1 aromatic carbocycles. The molecule has 1 aromatic rings. The summed E-state index contributed by atoms with van der Waals surface area (Å²) in [6.07, 6.45) is 1.33. The molecule has 23 heavy (non-hydrogen) atoms. The van der Waals surface area contributed by atoms with E-state index in [4.69, 9.17) is 0 Å². The first kappa shape index (κ1) is 16.5. The van der Waals surface area contributed by atoms with Crippen LogP contribution in [0.15, 0.2) is 18.2 Å². The summed E-state index contributed by atoms with van der Waals surface area (Å²) in [5.41, 5.74) is 3.87. The van der Waals surface area contributed by atoms with Crippen LogP contribution >= 0.6 is 0 Å². The average molecular weight is 335 g/mol. The van der Waals surface area contributed by atoms with Crippen molar-refractivity contribution >= 4 is 15.7 Å². The number of carbonyl (C=O) groups is 1. The van der Waals surface area contributed by atoms with Gasteiger partial charge in [-0.2, -0.15) is 0 Å². The van der Waals surface area contributed by atoms with Gasteiger partial charge in [-0.25, -0.2) is 8.42 Å². The molecule has 0 saturated carbocycles. The van der Waals surface area contributed by atoms with Crippen molar-refractivity contribution < 1.29 is 13.2 Å². The molecule has 0 bridgehead atoms. The Labute approximate surface area is 138 Å². The summed E-state index contributed by atoms with van der Waals surface area (Å²) < 4.78 is 23.2. The molecule has 0 radical (unpaired) electrons. The van der Waals surface area contributed by atoms with Gasteiger partial charge in [0, 0.05) is 13.1 Å². The normalized spacial score (nSPS) is 23.6. The van der Waals surface area contributed by atoms with Crippen LogP contribution in [0, 0.1) is 5.92 Å². The third kappa shape index (κ3) is 3.44. The highest BCUT2D eigenvalue weighted by Gasteiger charge is 2.36. The summed E-state index contributed by atoms with van der Waals surface area (Å²) >= 11 is 0. The van der Waals surface area contributed by atoms with Gasteiger partial charge in [0.25, 0.3) is 0 Å². The summed E-state index contributed by atoms with van der Waals surface area (Å²) in [7, 11) is -3.01. The van der Waals surface area contributed by atoms with Gasteiger partial charge in [-0.05, 0) is 34.9 Å². The Morgan fingerprint density at radius 3 is 2.57 bits per heavy atom. The second-order valence-corrected chi connectivity index (χ2v) is 10.1. The molecule has 4 nitrogen and oxygen atoms in total. The van der Waals surface area contributed by atoms with Crippen LogP contribution in [0.4, 0.5) is 0 Å². The van der Waals surface area contributed by atoms with E-state index in [1.165, 1.54) is 16.7 Å². The van der Waals surface area contributed by atoms with Crippen LogP contribution in [-0.4, -0.2) is 37.3 Å². The first-order valence-electron chi connectivity index (χ1n) is 8.27. The van der Waals surface area contributed by atoms with E-state index in [9.17, 15) is 13.2 Å². The summed E-state index contributed by atoms with van der Waals surface area (Å²) in [5.74, 6) is -0.149. The number of nitrogens with zero attached hydrogens (tertiary/aromatic N) is 1. The number of sulfone groups is 1. The van der Waals surface area contributed by atoms with Crippen molar-refractivity contribution in [1.82, 2.24) is 4.90 Å². The van der Waals surface area contributed by atoms with Gasteiger partial charge < -0.3 is 4.90 Å². The van der Waals surface area contributed by atoms with Crippen molar-refractivity contribution in [2.45, 2.75) is 45.6 Å². The number of hydrogen-bond acceptors (Lipinski definition) is 3. The highest BCUT2D eigenvalue weighted by Crippen LogP contribution is 2.29. The topological polar surface area (TPSA) is 54.5 Å². The fourth-order valence-electron chi connectivity index (χ4n) is 3.46. The molecule has 2 aliphatic rings. The quantitative estimate of drug-likeness (QED) is 0.791. The Hall–Kier alpha value is -1.36. The first-order chi connectivity index (χ1) is 10.7. The molecule has 0 aliphatic carbocycles. The lowest BCUT2D eigenvalue weighted by Crippen LogP contribution is -2.40. The molecule has 1 atom stereocenters. The second-order valence-electron chi connectivity index (χ2n) is 7.84. The molecule has 0 spiro atoms. The van der Waals surface area contributed by atoms with Gasteiger partial charge in [0.15, 0.2) is 9.84 Å². The van der Waals surface area contributed by atoms with E-state index >= 15 is 0 Å². The van der Waals surface area contributed by atoms with Crippen molar-refractivity contribution in [3.63, 3.8) is 0 Å². The SMILES string of the molecule is CC(C)(C)c1ccc2c(c1)CN(C(=O)[C@@H]1CCS(=O)(=O)C1)CC2. The second kappa shape index (κ2) is 5.62. The zero-order valence-corrected chi connectivity index (χ0v) is 14.9. The zero-order chi connectivity index (χ0) is 16.8. The first-order valence-corrected chi connectivity index (χ1v) is 10.1. The summed E-state index contributed by atoms with van der Waals surface area (Å²) in [4.78, 5) is 14.5. The monoisotopic (exact) mass is 335 g/mol. The van der Waals surface area contributed by atoms with E-state index in [2.05, 4.69) is 39.0 Å². The lowest BCUT2D eigenvalue weighted by Gasteiger charge is -2.32. The molecule has 2 aliphatic heterocycles. The highest BCUT2D eigenvalue weighted by molar-refractivity contribution is 7.91. The number of carbonyl (C=O) groups excluding carboxylic acids is 1. The Bertz CT molecular complexity index is 731. The van der Waals surface area contributed by atoms with Crippen LogP contribution in [-0.2, 0) is 33.0 Å². The predicted octanol–water partition coefficient (Wildman–Crippen LogP) is 2.30. The molecule has 0 N–H and O–H groups in total. The summed E-state index contributed by atoms with van der Waals surface area (Å²) in [6, 6.07) is 6.57. The van der Waals surface area contributed by atoms with Crippen LogP contribution in [0.5, 0.6) is 0 Å². The lowest BCUT2D eigenvalue weighted by atomic mass is 9.84. The Morgan fingerprint density at radius 2 is 1.96 bits per heavy atom. The van der Waals surface area contributed by atoms with Crippen molar-refractivity contribution in [3.05, 3.63) is 34.9 Å². The molecule has 1 saturated heterocycles. The molecule has 5 heteroatoms. The van der Waals surface area contributed by atoms with E-state index in [0.717, 1.165) is 6.42 Å². The lowest BCUT2D eigenvalue weighted by molar-refractivity contribution is -0.135. The summed E-state index contributed by atoms with van der Waals surface area (Å²) in [6.45, 7) is 7.85. The number of rotatable bonds is 1. The summed E-state index contributed by atoms with van der Waals surface area (Å²) in [5, 5.41) is 0. The minimum atomic E-state index is -3.01. The Kier molecular flexibility index (Phi) is 4.03. The van der Waals surface area contributed by atoms with Crippen LogP contribution in [0.3, 0.4) is 0 Å². The smallest absolute Gasteiger partial charge is 0.227 e. The maximum absolute atomic E-state index is 12.6. The minimum Gasteiger partial charge on any atom is -0.338 e. The van der Waals surface area contributed by atoms with Gasteiger partial charge in [-0.15, -0.1) is 0 Å². The van der Waals surface area contributed by atoms with Crippen LogP contribution in [0.2, 0.25) is 0 Å². The maximum Gasteiger partial charge on any atom is 0.227 e. The molecule has 0 unspecified atom stereocenters. The predicted molar refractivity (Wildman–Crippen MR) is 91.0 cm³/mol. The Morgan fingerprint density at radius 1 is 1.22 bits per heavy atom. The molecular weight excluding hydrogens is 310 g/mol. The maximum atomic E-state index is 12.6. The molecule has 2 heterocycles. The average Bonchev–Trinajstić information content (AvgIpc) is 2.84. The van der Waals surface area contributed by atoms with Gasteiger partial charge in [0.05, 0.1) is 17.4 Å². The number of fused-ring (bicyclic) bond motifs is 1. The van der Waals surface area contributed by atoms with Crippen molar-refractivity contribution in [3.8, 4) is 0 Å². The van der Waals surface area contributed by atoms with E-state index in [1.807, 2.05) is 4.90 Å².